The molecule has 8 heteroatoms. The van der Waals surface area contributed by atoms with E-state index in [0.717, 1.165) is 11.1 Å². The normalized spacial score (nSPS) is 15.8. The van der Waals surface area contributed by atoms with Crippen LogP contribution < -0.4 is 24.4 Å². The Labute approximate surface area is 212 Å². The molecule has 188 valence electrons. The van der Waals surface area contributed by atoms with Crippen molar-refractivity contribution in [3.8, 4) is 23.0 Å². The van der Waals surface area contributed by atoms with Crippen molar-refractivity contribution in [1.82, 2.24) is 4.90 Å². The summed E-state index contributed by atoms with van der Waals surface area (Å²) < 4.78 is 28.3. The highest BCUT2D eigenvalue weighted by molar-refractivity contribution is 5.99. The van der Waals surface area contributed by atoms with E-state index in [9.17, 15) is 9.59 Å². The Hall–Kier alpha value is -4.46. The van der Waals surface area contributed by atoms with Gasteiger partial charge in [-0.05, 0) is 61.4 Å². The molecule has 0 fully saturated rings. The maximum atomic E-state index is 13.8. The van der Waals surface area contributed by atoms with E-state index >= 15 is 0 Å². The lowest BCUT2D eigenvalue weighted by molar-refractivity contribution is 0.0714. The molecular weight excluding hydrogens is 474 g/mol. The third kappa shape index (κ3) is 3.76. The third-order valence-corrected chi connectivity index (χ3v) is 6.71. The second-order valence-electron chi connectivity index (χ2n) is 9.04. The fraction of sp³-hybridized carbons (Fsp3) is 0.241. The van der Waals surface area contributed by atoms with E-state index in [4.69, 9.17) is 23.4 Å². The number of amides is 1. The van der Waals surface area contributed by atoms with Crippen LogP contribution in [0, 0.1) is 6.92 Å². The molecule has 0 bridgehead atoms. The van der Waals surface area contributed by atoms with E-state index < -0.39 is 6.04 Å². The van der Waals surface area contributed by atoms with Crippen molar-refractivity contribution in [2.24, 2.45) is 0 Å². The standard InChI is InChI=1S/C29H25NO7/c1-4-34-21-10-7-18(13-23(21)33-3)26-25-27(31)19-11-16(2)5-8-20(19)37-28(25)29(32)30(26)14-17-6-9-22-24(12-17)36-15-35-22/h5-13,26H,4,14-15H2,1-3H3. The fourth-order valence-electron chi connectivity index (χ4n) is 5.01. The first kappa shape index (κ1) is 23.0. The molecule has 1 aromatic heterocycles. The molecule has 37 heavy (non-hydrogen) atoms. The molecule has 2 aliphatic rings. The van der Waals surface area contributed by atoms with Gasteiger partial charge in [-0.15, -0.1) is 0 Å². The number of nitrogens with zero attached hydrogens (tertiary/aromatic N) is 1. The zero-order chi connectivity index (χ0) is 25.7. The van der Waals surface area contributed by atoms with Crippen molar-refractivity contribution in [1.29, 1.82) is 0 Å². The predicted octanol–water partition coefficient (Wildman–Crippen LogP) is 4.98. The molecule has 0 saturated heterocycles. The lowest BCUT2D eigenvalue weighted by atomic mass is 9.97. The average Bonchev–Trinajstić information content (AvgIpc) is 3.48. The van der Waals surface area contributed by atoms with Gasteiger partial charge in [0.2, 0.25) is 12.6 Å². The molecule has 1 amide bonds. The van der Waals surface area contributed by atoms with Gasteiger partial charge in [0.1, 0.15) is 5.58 Å². The zero-order valence-corrected chi connectivity index (χ0v) is 20.7. The van der Waals surface area contributed by atoms with Crippen molar-refractivity contribution in [3.63, 3.8) is 0 Å². The smallest absolute Gasteiger partial charge is 0.291 e. The van der Waals surface area contributed by atoms with Crippen molar-refractivity contribution in [3.05, 3.63) is 92.8 Å². The van der Waals surface area contributed by atoms with E-state index in [0.29, 0.717) is 51.7 Å². The van der Waals surface area contributed by atoms with Gasteiger partial charge in [0.05, 0.1) is 30.7 Å². The van der Waals surface area contributed by atoms with Crippen LogP contribution in [-0.2, 0) is 6.54 Å². The Kier molecular flexibility index (Phi) is 5.52. The maximum Gasteiger partial charge on any atom is 0.291 e. The van der Waals surface area contributed by atoms with Crippen molar-refractivity contribution < 1.29 is 28.2 Å². The van der Waals surface area contributed by atoms with E-state index in [1.54, 1.807) is 30.2 Å². The molecule has 0 radical (unpaired) electrons. The minimum absolute atomic E-state index is 0.0555. The molecule has 0 N–H and O–H groups in total. The summed E-state index contributed by atoms with van der Waals surface area (Å²) in [4.78, 5) is 29.3. The second-order valence-corrected chi connectivity index (χ2v) is 9.04. The highest BCUT2D eigenvalue weighted by atomic mass is 16.7. The van der Waals surface area contributed by atoms with Crippen LogP contribution in [0.4, 0.5) is 0 Å². The van der Waals surface area contributed by atoms with Crippen molar-refractivity contribution in [2.75, 3.05) is 20.5 Å². The molecule has 1 unspecified atom stereocenters. The topological polar surface area (TPSA) is 87.4 Å². The number of hydrogen-bond donors (Lipinski definition) is 0. The summed E-state index contributed by atoms with van der Waals surface area (Å²) in [6.45, 7) is 4.68. The molecule has 1 atom stereocenters. The number of carbonyl (C=O) groups is 1. The molecule has 3 heterocycles. The summed E-state index contributed by atoms with van der Waals surface area (Å²) in [6.07, 6.45) is 0. The van der Waals surface area contributed by atoms with Gasteiger partial charge >= 0.3 is 0 Å². The Morgan fingerprint density at radius 2 is 1.81 bits per heavy atom. The van der Waals surface area contributed by atoms with Gasteiger partial charge in [0.15, 0.2) is 28.4 Å². The van der Waals surface area contributed by atoms with E-state index in [2.05, 4.69) is 0 Å². The Morgan fingerprint density at radius 3 is 2.62 bits per heavy atom. The van der Waals surface area contributed by atoms with Crippen LogP contribution in [0.1, 0.15) is 45.8 Å². The Morgan fingerprint density at radius 1 is 0.973 bits per heavy atom. The maximum absolute atomic E-state index is 13.8. The number of ether oxygens (including phenoxy) is 4. The minimum Gasteiger partial charge on any atom is -0.493 e. The number of methoxy groups -OCH3 is 1. The summed E-state index contributed by atoms with van der Waals surface area (Å²) in [5, 5.41) is 0.444. The number of rotatable bonds is 6. The van der Waals surface area contributed by atoms with Crippen LogP contribution in [0.5, 0.6) is 23.0 Å². The van der Waals surface area contributed by atoms with Crippen LogP contribution in [0.25, 0.3) is 11.0 Å². The van der Waals surface area contributed by atoms with Crippen LogP contribution >= 0.6 is 0 Å². The third-order valence-electron chi connectivity index (χ3n) is 6.71. The van der Waals surface area contributed by atoms with E-state index in [1.165, 1.54) is 0 Å². The van der Waals surface area contributed by atoms with Gasteiger partial charge in [-0.25, -0.2) is 0 Å². The molecule has 0 aliphatic carbocycles. The van der Waals surface area contributed by atoms with Crippen LogP contribution in [0.3, 0.4) is 0 Å². The first-order chi connectivity index (χ1) is 18.0. The molecule has 0 spiro atoms. The summed E-state index contributed by atoms with van der Waals surface area (Å²) in [7, 11) is 1.56. The molecule has 6 rings (SSSR count). The van der Waals surface area contributed by atoms with Gasteiger partial charge in [0, 0.05) is 6.54 Å². The molecule has 0 saturated carbocycles. The fourth-order valence-corrected chi connectivity index (χ4v) is 5.01. The summed E-state index contributed by atoms with van der Waals surface area (Å²) in [5.74, 6) is 2.08. The molecule has 2 aliphatic heterocycles. The monoisotopic (exact) mass is 499 g/mol. The van der Waals surface area contributed by atoms with E-state index in [1.807, 2.05) is 50.2 Å². The first-order valence-electron chi connectivity index (χ1n) is 12.1. The number of hydrogen-bond acceptors (Lipinski definition) is 7. The molecule has 8 nitrogen and oxygen atoms in total. The van der Waals surface area contributed by atoms with Crippen molar-refractivity contribution in [2.45, 2.75) is 26.4 Å². The van der Waals surface area contributed by atoms with Crippen LogP contribution in [-0.4, -0.2) is 31.3 Å². The van der Waals surface area contributed by atoms with Crippen LogP contribution in [0.15, 0.2) is 63.8 Å². The van der Waals surface area contributed by atoms with Crippen molar-refractivity contribution >= 4 is 16.9 Å². The summed E-state index contributed by atoms with van der Waals surface area (Å²) >= 11 is 0. The predicted molar refractivity (Wildman–Crippen MR) is 136 cm³/mol. The zero-order valence-electron chi connectivity index (χ0n) is 20.7. The van der Waals surface area contributed by atoms with Gasteiger partial charge in [0.25, 0.3) is 5.91 Å². The van der Waals surface area contributed by atoms with Gasteiger partial charge in [-0.1, -0.05) is 23.8 Å². The van der Waals surface area contributed by atoms with Gasteiger partial charge in [-0.2, -0.15) is 0 Å². The molecular formula is C29H25NO7. The lowest BCUT2D eigenvalue weighted by Crippen LogP contribution is -2.29. The highest BCUT2D eigenvalue weighted by Crippen LogP contribution is 2.42. The Balaban J connectivity index is 1.52. The Bertz CT molecular complexity index is 1610. The molecule has 3 aromatic carbocycles. The quantitative estimate of drug-likeness (QED) is 0.370. The second kappa shape index (κ2) is 8.89. The lowest BCUT2D eigenvalue weighted by Gasteiger charge is -2.26. The average molecular weight is 500 g/mol. The van der Waals surface area contributed by atoms with Crippen LogP contribution in [0.2, 0.25) is 0 Å². The SMILES string of the molecule is CCOc1ccc(C2c3c(oc4ccc(C)cc4c3=O)C(=O)N2Cc2ccc3c(c2)OCO3)cc1OC. The van der Waals surface area contributed by atoms with Gasteiger partial charge in [-0.3, -0.25) is 9.59 Å². The number of carbonyl (C=O) groups excluding carboxylic acids is 1. The highest BCUT2D eigenvalue weighted by Gasteiger charge is 2.43. The first-order valence-corrected chi connectivity index (χ1v) is 12.1. The largest absolute Gasteiger partial charge is 0.493 e. The number of fused-ring (bicyclic) bond motifs is 3. The molecule has 4 aromatic rings. The summed E-state index contributed by atoms with van der Waals surface area (Å²) in [5.41, 5.74) is 2.96. The minimum atomic E-state index is -0.682. The summed E-state index contributed by atoms with van der Waals surface area (Å²) in [6, 6.07) is 15.7. The van der Waals surface area contributed by atoms with Gasteiger partial charge < -0.3 is 28.3 Å². The number of aryl methyl sites for hydroxylation is 1. The van der Waals surface area contributed by atoms with E-state index in [-0.39, 0.29) is 30.4 Å². The number of benzene rings is 3.